The molecule has 39 heavy (non-hydrogen) atoms. The largest absolute Gasteiger partial charge is 0.463 e. The van der Waals surface area contributed by atoms with E-state index in [-0.39, 0.29) is 5.04 Å². The van der Waals surface area contributed by atoms with Gasteiger partial charge in [0, 0.05) is 30.5 Å². The molecule has 0 aliphatic carbocycles. The molecule has 3 heterocycles. The lowest BCUT2D eigenvalue weighted by atomic mass is 10.0. The van der Waals surface area contributed by atoms with E-state index in [2.05, 4.69) is 62.0 Å². The molecule has 1 aromatic carbocycles. The summed E-state index contributed by atoms with van der Waals surface area (Å²) < 4.78 is 17.6. The fourth-order valence-corrected chi connectivity index (χ4v) is 6.06. The molecule has 10 heteroatoms. The van der Waals surface area contributed by atoms with Crippen molar-refractivity contribution in [3.8, 4) is 0 Å². The number of fused-ring (bicyclic) bond motifs is 2. The molecule has 1 aliphatic rings. The number of benzene rings is 1. The summed E-state index contributed by atoms with van der Waals surface area (Å²) >= 11 is 1.59. The maximum Gasteiger partial charge on any atom is 0.330 e. The van der Waals surface area contributed by atoms with Crippen LogP contribution in [0.4, 0.5) is 11.5 Å². The first-order chi connectivity index (χ1) is 18.5. The zero-order valence-corrected chi connectivity index (χ0v) is 25.4. The average Bonchev–Trinajstić information content (AvgIpc) is 2.90. The lowest BCUT2D eigenvalue weighted by Crippen LogP contribution is -2.42. The number of aromatic nitrogens is 3. The van der Waals surface area contributed by atoms with Gasteiger partial charge >= 0.3 is 5.97 Å². The van der Waals surface area contributed by atoms with E-state index in [0.717, 1.165) is 32.7 Å². The van der Waals surface area contributed by atoms with E-state index in [9.17, 15) is 4.79 Å². The normalized spacial score (nSPS) is 14.2. The van der Waals surface area contributed by atoms with Crippen LogP contribution in [0.2, 0.25) is 18.1 Å². The Morgan fingerprint density at radius 1 is 1.15 bits per heavy atom. The lowest BCUT2D eigenvalue weighted by molar-refractivity contribution is -0.137. The minimum atomic E-state index is -2.22. The van der Waals surface area contributed by atoms with Crippen LogP contribution in [0.15, 0.2) is 64.8 Å². The third kappa shape index (κ3) is 6.58. The van der Waals surface area contributed by atoms with E-state index < -0.39 is 20.4 Å². The zero-order valence-electron chi connectivity index (χ0n) is 23.6. The number of methoxy groups -OCH3 is 1. The van der Waals surface area contributed by atoms with Gasteiger partial charge in [0.15, 0.2) is 14.1 Å². The summed E-state index contributed by atoms with van der Waals surface area (Å²) in [6.07, 6.45) is 6.05. The molecule has 1 atom stereocenters. The molecule has 0 bridgehead atoms. The first-order valence-electron chi connectivity index (χ1n) is 12.9. The smallest absolute Gasteiger partial charge is 0.330 e. The first-order valence-corrected chi connectivity index (χ1v) is 16.7. The van der Waals surface area contributed by atoms with Gasteiger partial charge in [-0.3, -0.25) is 9.88 Å². The van der Waals surface area contributed by atoms with Gasteiger partial charge in [-0.05, 0) is 61.0 Å². The summed E-state index contributed by atoms with van der Waals surface area (Å²) in [6.45, 7) is 13.6. The van der Waals surface area contributed by atoms with E-state index in [1.54, 1.807) is 44.3 Å². The predicted molar refractivity (Wildman–Crippen MR) is 157 cm³/mol. The van der Waals surface area contributed by atoms with E-state index in [1.807, 2.05) is 23.1 Å². The Morgan fingerprint density at radius 3 is 2.64 bits per heavy atom. The Bertz CT molecular complexity index is 1360. The van der Waals surface area contributed by atoms with Crippen molar-refractivity contribution in [1.29, 1.82) is 0 Å². The van der Waals surface area contributed by atoms with Crippen LogP contribution in [0.5, 0.6) is 0 Å². The average molecular weight is 565 g/mol. The third-order valence-corrected chi connectivity index (χ3v) is 12.4. The van der Waals surface area contributed by atoms with Gasteiger partial charge in [-0.25, -0.2) is 14.8 Å². The minimum Gasteiger partial charge on any atom is -0.463 e. The quantitative estimate of drug-likeness (QED) is 0.159. The maximum atomic E-state index is 11.9. The van der Waals surface area contributed by atoms with Gasteiger partial charge in [0.2, 0.25) is 0 Å². The maximum absolute atomic E-state index is 11.9. The number of pyridine rings is 1. The van der Waals surface area contributed by atoms with Gasteiger partial charge in [-0.2, -0.15) is 0 Å². The monoisotopic (exact) mass is 564 g/mol. The van der Waals surface area contributed by atoms with Crippen LogP contribution in [0.1, 0.15) is 50.8 Å². The summed E-state index contributed by atoms with van der Waals surface area (Å²) in [6, 6.07) is 12.1. The summed E-state index contributed by atoms with van der Waals surface area (Å²) in [5.74, 6) is 0.368. The van der Waals surface area contributed by atoms with Gasteiger partial charge in [0.1, 0.15) is 17.9 Å². The van der Waals surface area contributed by atoms with E-state index in [4.69, 9.17) is 18.9 Å². The molecule has 0 fully saturated rings. The topological polar surface area (TPSA) is 86.7 Å². The molecule has 4 rings (SSSR count). The second kappa shape index (κ2) is 12.0. The van der Waals surface area contributed by atoms with Crippen molar-refractivity contribution in [2.24, 2.45) is 0 Å². The van der Waals surface area contributed by atoms with Crippen LogP contribution in [-0.2, 0) is 18.7 Å². The molecule has 3 aromatic rings. The predicted octanol–water partition coefficient (Wildman–Crippen LogP) is 6.77. The SMILES string of the molecule is CCOC(=O)/C=C/c1cccc(C(O[Si](C)(C)C(C)(C)C)c2ccc3c(c2)N(COC)c2nccnc2S3)n1. The molecule has 0 N–H and O–H groups in total. The molecule has 1 aliphatic heterocycles. The van der Waals surface area contributed by atoms with Crippen molar-refractivity contribution in [2.75, 3.05) is 25.3 Å². The minimum absolute atomic E-state index is 0.00660. The van der Waals surface area contributed by atoms with Crippen molar-refractivity contribution in [2.45, 2.75) is 61.9 Å². The van der Waals surface area contributed by atoms with E-state index in [1.165, 1.54) is 6.08 Å². The molecular weight excluding hydrogens is 528 g/mol. The standard InChI is InChI=1S/C29H36N4O4SSi/c1-8-36-25(34)15-13-21-10-9-11-22(32-21)26(37-39(6,7)29(2,3)4)20-12-14-24-23(18-20)33(19-35-5)27-28(38-24)31-17-16-30-27/h9-18,26H,8,19H2,1-7H3/b15-13+. The molecule has 0 saturated carbocycles. The molecule has 0 saturated heterocycles. The van der Waals surface area contributed by atoms with Crippen LogP contribution in [0.25, 0.3) is 6.08 Å². The number of carbonyl (C=O) groups excluding carboxylic acids is 1. The van der Waals surface area contributed by atoms with Crippen molar-refractivity contribution < 1.29 is 18.7 Å². The van der Waals surface area contributed by atoms with Crippen LogP contribution in [0, 0.1) is 0 Å². The number of nitrogens with zero attached hydrogens (tertiary/aromatic N) is 4. The van der Waals surface area contributed by atoms with Crippen molar-refractivity contribution >= 4 is 43.6 Å². The number of ether oxygens (including phenoxy) is 2. The Balaban J connectivity index is 1.79. The number of anilines is 2. The summed E-state index contributed by atoms with van der Waals surface area (Å²) in [5.41, 5.74) is 3.39. The van der Waals surface area contributed by atoms with Crippen molar-refractivity contribution in [3.05, 3.63) is 71.8 Å². The highest BCUT2D eigenvalue weighted by Crippen LogP contribution is 2.48. The number of hydrogen-bond donors (Lipinski definition) is 0. The highest BCUT2D eigenvalue weighted by Gasteiger charge is 2.40. The van der Waals surface area contributed by atoms with Crippen LogP contribution in [-0.4, -0.2) is 49.7 Å². The van der Waals surface area contributed by atoms with Gasteiger partial charge in [0.25, 0.3) is 0 Å². The number of carbonyl (C=O) groups is 1. The molecular formula is C29H36N4O4SSi. The first kappa shape index (κ1) is 28.9. The highest BCUT2D eigenvalue weighted by molar-refractivity contribution is 7.99. The second-order valence-electron chi connectivity index (χ2n) is 10.7. The van der Waals surface area contributed by atoms with Crippen molar-refractivity contribution in [3.63, 3.8) is 0 Å². The van der Waals surface area contributed by atoms with Gasteiger partial charge < -0.3 is 13.9 Å². The fourth-order valence-electron chi connectivity index (χ4n) is 3.87. The molecule has 2 aromatic heterocycles. The third-order valence-electron chi connectivity index (χ3n) is 6.90. The van der Waals surface area contributed by atoms with E-state index in [0.29, 0.717) is 19.0 Å². The second-order valence-corrected chi connectivity index (χ2v) is 16.5. The molecule has 206 valence electrons. The number of hydrogen-bond acceptors (Lipinski definition) is 9. The summed E-state index contributed by atoms with van der Waals surface area (Å²) in [5, 5.41) is 0.833. The molecule has 0 amide bonds. The van der Waals surface area contributed by atoms with E-state index >= 15 is 0 Å². The summed E-state index contributed by atoms with van der Waals surface area (Å²) in [7, 11) is -0.551. The Hall–Kier alpha value is -3.05. The molecule has 0 spiro atoms. The zero-order chi connectivity index (χ0) is 28.2. The highest BCUT2D eigenvalue weighted by atomic mass is 32.2. The lowest BCUT2D eigenvalue weighted by Gasteiger charge is -2.39. The van der Waals surface area contributed by atoms with Crippen LogP contribution in [0.3, 0.4) is 0 Å². The molecule has 8 nitrogen and oxygen atoms in total. The molecule has 1 unspecified atom stereocenters. The van der Waals surface area contributed by atoms with Crippen molar-refractivity contribution in [1.82, 2.24) is 15.0 Å². The molecule has 0 radical (unpaired) electrons. The van der Waals surface area contributed by atoms with Crippen LogP contribution >= 0.6 is 11.8 Å². The Kier molecular flexibility index (Phi) is 8.90. The number of esters is 1. The van der Waals surface area contributed by atoms with Gasteiger partial charge in [-0.15, -0.1) is 0 Å². The Morgan fingerprint density at radius 2 is 1.92 bits per heavy atom. The summed E-state index contributed by atoms with van der Waals surface area (Å²) in [4.78, 5) is 29.0. The van der Waals surface area contributed by atoms with Gasteiger partial charge in [-0.1, -0.05) is 44.7 Å². The van der Waals surface area contributed by atoms with Crippen LogP contribution < -0.4 is 4.90 Å². The fraction of sp³-hybridized carbons (Fsp3) is 0.379. The Labute approximate surface area is 236 Å². The number of rotatable bonds is 9. The van der Waals surface area contributed by atoms with Gasteiger partial charge in [0.05, 0.1) is 23.7 Å².